The smallest absolute Gasteiger partial charge is 0.129 e. The molecule has 0 amide bonds. The van der Waals surface area contributed by atoms with E-state index >= 15 is 0 Å². The maximum absolute atomic E-state index is 5.48. The first kappa shape index (κ1) is 9.75. The Morgan fingerprint density at radius 1 is 1.06 bits per heavy atom. The van der Waals surface area contributed by atoms with Crippen molar-refractivity contribution in [3.8, 4) is 0 Å². The molecule has 0 unspecified atom stereocenters. The molecule has 0 saturated carbocycles. The number of hydrogen-bond donors (Lipinski definition) is 0. The lowest BCUT2D eigenvalue weighted by Crippen LogP contribution is -2.30. The molecule has 2 aliphatic heterocycles. The predicted molar refractivity (Wildman–Crippen MR) is 75.9 cm³/mol. The van der Waals surface area contributed by atoms with Crippen LogP contribution < -0.4 is 0 Å². The molecule has 2 aliphatic rings. The van der Waals surface area contributed by atoms with Crippen molar-refractivity contribution in [3.05, 3.63) is 60.3 Å². The number of fused-ring (bicyclic) bond motifs is 1. The molecule has 3 heteroatoms. The average Bonchev–Trinajstić information content (AvgIpc) is 2.69. The van der Waals surface area contributed by atoms with Gasteiger partial charge in [-0.1, -0.05) is 48.6 Å². The summed E-state index contributed by atoms with van der Waals surface area (Å²) >= 11 is 5.48. The lowest BCUT2D eigenvalue weighted by molar-refractivity contribution is 0.880. The highest BCUT2D eigenvalue weighted by atomic mass is 32.1. The second-order valence-electron chi connectivity index (χ2n) is 3.51. The van der Waals surface area contributed by atoms with Gasteiger partial charge in [0.1, 0.15) is 9.98 Å². The van der Waals surface area contributed by atoms with Gasteiger partial charge >= 0.3 is 0 Å². The normalized spacial score (nSPS) is 17.8. The van der Waals surface area contributed by atoms with Crippen LogP contribution in [0, 0.1) is 0 Å². The maximum atomic E-state index is 5.48. The Balaban J connectivity index is 2.11. The first-order valence-electron chi connectivity index (χ1n) is 5.02. The minimum Gasteiger partial charge on any atom is -0.298 e. The van der Waals surface area contributed by atoms with Crippen LogP contribution >= 0.6 is 23.2 Å². The first-order chi connectivity index (χ1) is 7.86. The van der Waals surface area contributed by atoms with Crippen molar-refractivity contribution in [3.63, 3.8) is 0 Å². The molecule has 0 aromatic heterocycles. The van der Waals surface area contributed by atoms with Gasteiger partial charge in [-0.15, -0.1) is 10.9 Å². The Bertz CT molecular complexity index is 575. The molecular formula is C13H9NS2. The number of rotatable bonds is 1. The summed E-state index contributed by atoms with van der Waals surface area (Å²) in [5.74, 6) is 0. The van der Waals surface area contributed by atoms with E-state index in [4.69, 9.17) is 12.2 Å². The van der Waals surface area contributed by atoms with E-state index in [-0.39, 0.29) is 0 Å². The Morgan fingerprint density at radius 3 is 2.62 bits per heavy atom. The Hall–Kier alpha value is -1.45. The summed E-state index contributed by atoms with van der Waals surface area (Å²) in [4.78, 5) is 5.31. The fourth-order valence-electron chi connectivity index (χ4n) is 1.71. The maximum Gasteiger partial charge on any atom is 0.129 e. The van der Waals surface area contributed by atoms with E-state index in [1.165, 1.54) is 15.4 Å². The van der Waals surface area contributed by atoms with Gasteiger partial charge in [0.05, 0.1) is 4.86 Å². The quantitative estimate of drug-likeness (QED) is 0.698. The van der Waals surface area contributed by atoms with Crippen molar-refractivity contribution in [2.75, 3.05) is 0 Å². The number of hydrogen-bond acceptors (Lipinski definition) is 1. The Morgan fingerprint density at radius 2 is 1.88 bits per heavy atom. The van der Waals surface area contributed by atoms with E-state index in [1.807, 2.05) is 36.6 Å². The third kappa shape index (κ3) is 1.49. The third-order valence-electron chi connectivity index (χ3n) is 2.48. The zero-order valence-electron chi connectivity index (χ0n) is 8.46. The monoisotopic (exact) mass is 243 g/mol. The van der Waals surface area contributed by atoms with Crippen LogP contribution in [-0.4, -0.2) is 19.7 Å². The minimum atomic E-state index is 0.895. The van der Waals surface area contributed by atoms with Crippen LogP contribution in [0.1, 0.15) is 5.56 Å². The first-order valence-corrected chi connectivity index (χ1v) is 6.24. The number of allylic oxidation sites excluding steroid dienone is 2. The van der Waals surface area contributed by atoms with E-state index in [1.54, 1.807) is 10.9 Å². The molecule has 0 spiro atoms. The molecule has 0 atom stereocenters. The van der Waals surface area contributed by atoms with E-state index in [0.29, 0.717) is 0 Å². The van der Waals surface area contributed by atoms with Crippen molar-refractivity contribution in [1.82, 2.24) is 4.90 Å². The molecule has 1 nitrogen and oxygen atoms in total. The largest absolute Gasteiger partial charge is 0.298 e. The fraction of sp³-hybridized carbons (Fsp3) is 0. The van der Waals surface area contributed by atoms with E-state index in [2.05, 4.69) is 23.1 Å². The molecule has 0 aliphatic carbocycles. The number of thiocarbonyl (C=S) groups is 1. The highest BCUT2D eigenvalue weighted by Gasteiger charge is 2.22. The number of benzene rings is 1. The standard InChI is InChI=1S/C13H9NS2/c15-13-12(10-6-2-1-3-7-10)16-11-8-4-5-9-14(11)13/h1-9H. The van der Waals surface area contributed by atoms with Gasteiger partial charge in [0.2, 0.25) is 0 Å². The zero-order chi connectivity index (χ0) is 11.0. The predicted octanol–water partition coefficient (Wildman–Crippen LogP) is 2.80. The summed E-state index contributed by atoms with van der Waals surface area (Å²) in [6.07, 6.45) is 8.15. The fourth-order valence-corrected chi connectivity index (χ4v) is 3.21. The lowest BCUT2D eigenvalue weighted by Gasteiger charge is -2.17. The molecule has 78 valence electrons. The van der Waals surface area contributed by atoms with Crippen LogP contribution in [-0.2, 0) is 0 Å². The van der Waals surface area contributed by atoms with Crippen LogP contribution in [0.15, 0.2) is 54.8 Å². The summed E-state index contributed by atoms with van der Waals surface area (Å²) in [5, 5.41) is 0. The second kappa shape index (κ2) is 3.85. The summed E-state index contributed by atoms with van der Waals surface area (Å²) in [7, 11) is 1.74. The topological polar surface area (TPSA) is 3.24 Å². The Kier molecular flexibility index (Phi) is 2.35. The van der Waals surface area contributed by atoms with Crippen molar-refractivity contribution < 1.29 is 0 Å². The summed E-state index contributed by atoms with van der Waals surface area (Å²) in [6, 6.07) is 10.3. The van der Waals surface area contributed by atoms with Crippen molar-refractivity contribution in [2.24, 2.45) is 0 Å². The molecule has 2 heterocycles. The van der Waals surface area contributed by atoms with Crippen LogP contribution in [0.2, 0.25) is 0 Å². The van der Waals surface area contributed by atoms with Gasteiger partial charge in [0.25, 0.3) is 0 Å². The van der Waals surface area contributed by atoms with E-state index in [0.717, 1.165) is 4.99 Å². The minimum absolute atomic E-state index is 0.895. The summed E-state index contributed by atoms with van der Waals surface area (Å²) in [5.41, 5.74) is 1.20. The van der Waals surface area contributed by atoms with Crippen molar-refractivity contribution >= 4 is 38.0 Å². The molecule has 0 bridgehead atoms. The van der Waals surface area contributed by atoms with Gasteiger partial charge in [0.15, 0.2) is 0 Å². The van der Waals surface area contributed by atoms with Gasteiger partial charge < -0.3 is 0 Å². The molecular weight excluding hydrogens is 234 g/mol. The highest BCUT2D eigenvalue weighted by molar-refractivity contribution is 8.03. The molecule has 0 N–H and O–H groups in total. The van der Waals surface area contributed by atoms with Crippen LogP contribution in [0.3, 0.4) is 0 Å². The summed E-state index contributed by atoms with van der Waals surface area (Å²) in [6.45, 7) is 0. The molecule has 1 aromatic carbocycles. The van der Waals surface area contributed by atoms with Crippen molar-refractivity contribution in [1.29, 1.82) is 0 Å². The summed E-state index contributed by atoms with van der Waals surface area (Å²) < 4.78 is 0. The van der Waals surface area contributed by atoms with Crippen LogP contribution in [0.25, 0.3) is 0 Å². The molecule has 0 saturated heterocycles. The molecule has 3 rings (SSSR count). The zero-order valence-corrected chi connectivity index (χ0v) is 10.1. The Labute approximate surface area is 103 Å². The molecule has 16 heavy (non-hydrogen) atoms. The lowest BCUT2D eigenvalue weighted by atomic mass is 10.1. The van der Waals surface area contributed by atoms with E-state index in [9.17, 15) is 0 Å². The second-order valence-corrected chi connectivity index (χ2v) is 4.93. The van der Waals surface area contributed by atoms with Gasteiger partial charge in [-0.25, -0.2) is 0 Å². The molecule has 0 fully saturated rings. The average molecular weight is 243 g/mol. The SMILES string of the molecule is S=C1C(c2ccccc2)=S=C2C=CC=CN12. The van der Waals surface area contributed by atoms with Crippen molar-refractivity contribution in [2.45, 2.75) is 0 Å². The van der Waals surface area contributed by atoms with Gasteiger partial charge in [0, 0.05) is 6.20 Å². The van der Waals surface area contributed by atoms with Gasteiger partial charge in [-0.05, 0) is 17.7 Å². The molecule has 0 radical (unpaired) electrons. The van der Waals surface area contributed by atoms with Crippen LogP contribution in [0.5, 0.6) is 0 Å². The highest BCUT2D eigenvalue weighted by Crippen LogP contribution is 2.18. The van der Waals surface area contributed by atoms with Crippen LogP contribution in [0.4, 0.5) is 0 Å². The third-order valence-corrected chi connectivity index (χ3v) is 4.18. The van der Waals surface area contributed by atoms with E-state index < -0.39 is 0 Å². The van der Waals surface area contributed by atoms with Gasteiger partial charge in [-0.3, -0.25) is 4.90 Å². The number of nitrogens with zero attached hydrogens (tertiary/aromatic N) is 1. The van der Waals surface area contributed by atoms with Gasteiger partial charge in [-0.2, -0.15) is 0 Å². The molecule has 1 aromatic rings.